The van der Waals surface area contributed by atoms with E-state index in [0.29, 0.717) is 30.8 Å². The molecule has 0 bridgehead atoms. The van der Waals surface area contributed by atoms with Gasteiger partial charge < -0.3 is 19.2 Å². The van der Waals surface area contributed by atoms with Gasteiger partial charge in [-0.2, -0.15) is 0 Å². The highest BCUT2D eigenvalue weighted by molar-refractivity contribution is 5.83. The Kier molecular flexibility index (Phi) is 6.37. The second kappa shape index (κ2) is 9.03. The second-order valence-corrected chi connectivity index (χ2v) is 9.19. The molecule has 0 spiro atoms. The van der Waals surface area contributed by atoms with Crippen molar-refractivity contribution in [1.82, 2.24) is 4.90 Å². The molecule has 31 heavy (non-hydrogen) atoms. The molecule has 0 unspecified atom stereocenters. The van der Waals surface area contributed by atoms with Crippen LogP contribution in [0, 0.1) is 5.92 Å². The van der Waals surface area contributed by atoms with Crippen LogP contribution < -0.4 is 10.4 Å². The number of carbonyl (C=O) groups excluding carboxylic acids is 1. The lowest BCUT2D eigenvalue weighted by molar-refractivity contribution is -0.149. The topological polar surface area (TPSA) is 80.0 Å². The first-order valence-electron chi connectivity index (χ1n) is 11.6. The van der Waals surface area contributed by atoms with E-state index in [0.717, 1.165) is 55.9 Å². The lowest BCUT2D eigenvalue weighted by Crippen LogP contribution is -2.56. The number of unbranched alkanes of at least 4 members (excludes halogenated alkanes) is 1. The van der Waals surface area contributed by atoms with E-state index in [1.807, 2.05) is 17.0 Å². The van der Waals surface area contributed by atoms with Crippen LogP contribution in [0.25, 0.3) is 11.0 Å². The second-order valence-electron chi connectivity index (χ2n) is 9.19. The number of rotatable bonds is 6. The molecule has 1 aliphatic carbocycles. The first kappa shape index (κ1) is 21.9. The van der Waals surface area contributed by atoms with Gasteiger partial charge in [0.1, 0.15) is 11.3 Å². The minimum Gasteiger partial charge on any atom is -0.481 e. The minimum atomic E-state index is -0.651. The lowest BCUT2D eigenvalue weighted by atomic mass is 9.71. The molecule has 1 N–H and O–H groups in total. The molecule has 1 saturated heterocycles. The van der Waals surface area contributed by atoms with E-state index < -0.39 is 11.7 Å². The van der Waals surface area contributed by atoms with Gasteiger partial charge in [-0.25, -0.2) is 4.79 Å². The molecule has 2 heterocycles. The summed E-state index contributed by atoms with van der Waals surface area (Å²) in [6.07, 6.45) is 6.87. The van der Waals surface area contributed by atoms with E-state index in [1.165, 1.54) is 0 Å². The number of benzene rings is 1. The molecule has 6 heteroatoms. The molecule has 4 rings (SSSR count). The van der Waals surface area contributed by atoms with Crippen LogP contribution in [-0.2, 0) is 11.2 Å². The van der Waals surface area contributed by atoms with Crippen molar-refractivity contribution in [3.8, 4) is 5.75 Å². The standard InChI is InChI=1S/C25H33NO5/c1-3-4-7-18-14-23(27)31-22-15-20(9-10-21(18)22)30-17(2)24(28)26-13-12-25(29)11-6-5-8-19(25)16-26/h9-10,14-15,17,19,29H,3-8,11-13,16H2,1-2H3/t17-,19+,25+/m0/s1. The van der Waals surface area contributed by atoms with Gasteiger partial charge >= 0.3 is 5.63 Å². The molecule has 1 aromatic heterocycles. The third kappa shape index (κ3) is 4.64. The number of hydrogen-bond acceptors (Lipinski definition) is 5. The van der Waals surface area contributed by atoms with Crippen LogP contribution in [-0.4, -0.2) is 40.7 Å². The predicted octanol–water partition coefficient (Wildman–Crippen LogP) is 4.06. The third-order valence-electron chi connectivity index (χ3n) is 7.00. The Hall–Kier alpha value is -2.34. The average molecular weight is 428 g/mol. The number of amides is 1. The molecule has 2 aliphatic rings. The summed E-state index contributed by atoms with van der Waals surface area (Å²) >= 11 is 0. The smallest absolute Gasteiger partial charge is 0.336 e. The summed E-state index contributed by atoms with van der Waals surface area (Å²) in [7, 11) is 0. The summed E-state index contributed by atoms with van der Waals surface area (Å²) < 4.78 is 11.3. The van der Waals surface area contributed by atoms with Crippen LogP contribution in [0.2, 0.25) is 0 Å². The first-order valence-corrected chi connectivity index (χ1v) is 11.6. The van der Waals surface area contributed by atoms with Crippen LogP contribution in [0.3, 0.4) is 0 Å². The highest BCUT2D eigenvalue weighted by atomic mass is 16.5. The molecule has 1 amide bonds. The summed E-state index contributed by atoms with van der Waals surface area (Å²) in [5, 5.41) is 11.8. The number of hydrogen-bond donors (Lipinski definition) is 1. The Labute approximate surface area is 183 Å². The fourth-order valence-electron chi connectivity index (χ4n) is 5.14. The van der Waals surface area contributed by atoms with Crippen molar-refractivity contribution in [1.29, 1.82) is 0 Å². The van der Waals surface area contributed by atoms with E-state index in [-0.39, 0.29) is 17.5 Å². The zero-order chi connectivity index (χ0) is 22.0. The number of likely N-dealkylation sites (tertiary alicyclic amines) is 1. The summed E-state index contributed by atoms with van der Waals surface area (Å²) in [5.74, 6) is 0.601. The van der Waals surface area contributed by atoms with Gasteiger partial charge in [0, 0.05) is 36.5 Å². The van der Waals surface area contributed by atoms with Crippen LogP contribution in [0.5, 0.6) is 5.75 Å². The van der Waals surface area contributed by atoms with Crippen molar-refractivity contribution in [3.05, 3.63) is 40.2 Å². The van der Waals surface area contributed by atoms with Gasteiger partial charge in [0.05, 0.1) is 5.60 Å². The fraction of sp³-hybridized carbons (Fsp3) is 0.600. The lowest BCUT2D eigenvalue weighted by Gasteiger charge is -2.47. The van der Waals surface area contributed by atoms with Gasteiger partial charge in [-0.1, -0.05) is 26.2 Å². The van der Waals surface area contributed by atoms with Crippen LogP contribution in [0.15, 0.2) is 33.5 Å². The maximum Gasteiger partial charge on any atom is 0.336 e. The van der Waals surface area contributed by atoms with Crippen molar-refractivity contribution < 1.29 is 19.1 Å². The normalized spacial score (nSPS) is 24.6. The Morgan fingerprint density at radius 3 is 2.97 bits per heavy atom. The number of fused-ring (bicyclic) bond motifs is 2. The van der Waals surface area contributed by atoms with Crippen molar-refractivity contribution in [2.24, 2.45) is 5.92 Å². The zero-order valence-electron chi connectivity index (χ0n) is 18.6. The molecule has 168 valence electrons. The molecule has 0 radical (unpaired) electrons. The number of aryl methyl sites for hydroxylation is 1. The third-order valence-corrected chi connectivity index (χ3v) is 7.00. The molecule has 1 saturated carbocycles. The van der Waals surface area contributed by atoms with E-state index in [1.54, 1.807) is 19.1 Å². The Balaban J connectivity index is 1.46. The van der Waals surface area contributed by atoms with Crippen molar-refractivity contribution in [2.75, 3.05) is 13.1 Å². The van der Waals surface area contributed by atoms with E-state index in [4.69, 9.17) is 9.15 Å². The SMILES string of the molecule is CCCCc1cc(=O)oc2cc(O[C@@H](C)C(=O)N3CC[C@]4(O)CCCC[C@@H]4C3)ccc12. The highest BCUT2D eigenvalue weighted by Gasteiger charge is 2.44. The number of aliphatic hydroxyl groups is 1. The van der Waals surface area contributed by atoms with Gasteiger partial charge in [0.15, 0.2) is 6.10 Å². The Morgan fingerprint density at radius 2 is 2.16 bits per heavy atom. The van der Waals surface area contributed by atoms with Crippen molar-refractivity contribution in [3.63, 3.8) is 0 Å². The van der Waals surface area contributed by atoms with Crippen molar-refractivity contribution >= 4 is 16.9 Å². The Bertz CT molecular complexity index is 999. The minimum absolute atomic E-state index is 0.0640. The van der Waals surface area contributed by atoms with Gasteiger partial charge in [0.25, 0.3) is 5.91 Å². The fourth-order valence-corrected chi connectivity index (χ4v) is 5.14. The molecule has 1 aliphatic heterocycles. The molecule has 2 aromatic rings. The molecular weight excluding hydrogens is 394 g/mol. The van der Waals surface area contributed by atoms with E-state index >= 15 is 0 Å². The van der Waals surface area contributed by atoms with Crippen LogP contribution in [0.4, 0.5) is 0 Å². The van der Waals surface area contributed by atoms with Gasteiger partial charge in [0.2, 0.25) is 0 Å². The Morgan fingerprint density at radius 1 is 1.32 bits per heavy atom. The maximum atomic E-state index is 13.0. The number of piperidine rings is 1. The molecular formula is C25H33NO5. The van der Waals surface area contributed by atoms with Gasteiger partial charge in [-0.3, -0.25) is 4.79 Å². The number of carbonyl (C=O) groups is 1. The van der Waals surface area contributed by atoms with E-state index in [2.05, 4.69) is 6.92 Å². The monoisotopic (exact) mass is 427 g/mol. The number of ether oxygens (including phenoxy) is 1. The van der Waals surface area contributed by atoms with Crippen molar-refractivity contribution in [2.45, 2.75) is 76.9 Å². The highest BCUT2D eigenvalue weighted by Crippen LogP contribution is 2.40. The van der Waals surface area contributed by atoms with E-state index in [9.17, 15) is 14.7 Å². The molecule has 6 nitrogen and oxygen atoms in total. The largest absolute Gasteiger partial charge is 0.481 e. The molecule has 1 aromatic carbocycles. The average Bonchev–Trinajstić information content (AvgIpc) is 2.75. The first-order chi connectivity index (χ1) is 14.9. The van der Waals surface area contributed by atoms with Crippen LogP contribution >= 0.6 is 0 Å². The summed E-state index contributed by atoms with van der Waals surface area (Å²) in [6.45, 7) is 5.03. The number of nitrogens with zero attached hydrogens (tertiary/aromatic N) is 1. The summed E-state index contributed by atoms with van der Waals surface area (Å²) in [4.78, 5) is 26.8. The van der Waals surface area contributed by atoms with Gasteiger partial charge in [-0.15, -0.1) is 0 Å². The molecule has 2 fully saturated rings. The van der Waals surface area contributed by atoms with Crippen LogP contribution in [0.1, 0.15) is 64.4 Å². The predicted molar refractivity (Wildman–Crippen MR) is 119 cm³/mol. The molecule has 3 atom stereocenters. The van der Waals surface area contributed by atoms with Gasteiger partial charge in [-0.05, 0) is 56.7 Å². The maximum absolute atomic E-state index is 13.0. The summed E-state index contributed by atoms with van der Waals surface area (Å²) in [6, 6.07) is 7.00. The zero-order valence-corrected chi connectivity index (χ0v) is 18.6. The summed E-state index contributed by atoms with van der Waals surface area (Å²) in [5.41, 5.74) is 0.496. The quantitative estimate of drug-likeness (QED) is 0.704.